The second-order valence-corrected chi connectivity index (χ2v) is 4.28. The van der Waals surface area contributed by atoms with Crippen molar-refractivity contribution in [2.24, 2.45) is 5.10 Å². The molecule has 1 aromatic carbocycles. The fourth-order valence-electron chi connectivity index (χ4n) is 1.27. The highest BCUT2D eigenvalue weighted by Gasteiger charge is 2.05. The molecule has 1 heterocycles. The first kappa shape index (κ1) is 12.4. The molecule has 0 unspecified atom stereocenters. The lowest BCUT2D eigenvalue weighted by molar-refractivity contribution is 0.151. The van der Waals surface area contributed by atoms with E-state index < -0.39 is 6.43 Å². The minimum Gasteiger partial charge on any atom is -0.383 e. The molecule has 0 amide bonds. The Morgan fingerprint density at radius 2 is 2.28 bits per heavy atom. The van der Waals surface area contributed by atoms with Gasteiger partial charge in [-0.05, 0) is 11.6 Å². The molecule has 1 aromatic heterocycles. The number of alkyl halides is 2. The van der Waals surface area contributed by atoms with Gasteiger partial charge in [0.05, 0.1) is 6.21 Å². The number of hydrazone groups is 1. The van der Waals surface area contributed by atoms with E-state index in [1.54, 1.807) is 17.5 Å². The summed E-state index contributed by atoms with van der Waals surface area (Å²) in [7, 11) is 0. The molecule has 18 heavy (non-hydrogen) atoms. The molecule has 7 heteroatoms. The molecule has 0 radical (unpaired) electrons. The van der Waals surface area contributed by atoms with Gasteiger partial charge in [0, 0.05) is 10.9 Å². The molecule has 0 bridgehead atoms. The highest BCUT2D eigenvalue weighted by atomic mass is 32.1. The largest absolute Gasteiger partial charge is 0.383 e. The summed E-state index contributed by atoms with van der Waals surface area (Å²) in [4.78, 5) is 3.94. The predicted octanol–water partition coefficient (Wildman–Crippen LogP) is 3.11. The lowest BCUT2D eigenvalue weighted by Crippen LogP contribution is -1.92. The number of hydrogen-bond acceptors (Lipinski definition) is 5. The molecule has 0 atom stereocenters. The van der Waals surface area contributed by atoms with E-state index >= 15 is 0 Å². The number of halogens is 2. The number of thiazole rings is 1. The number of hydrogen-bond donors (Lipinski definition) is 2. The van der Waals surface area contributed by atoms with Gasteiger partial charge in [0.2, 0.25) is 5.13 Å². The number of nitrogens with zero attached hydrogens (tertiary/aromatic N) is 2. The predicted molar refractivity (Wildman–Crippen MR) is 69.1 cm³/mol. The Hall–Kier alpha value is -2.02. The van der Waals surface area contributed by atoms with Crippen molar-refractivity contribution in [1.82, 2.24) is 4.98 Å². The van der Waals surface area contributed by atoms with E-state index in [9.17, 15) is 8.78 Å². The molecular formula is C11H10F2N4S. The van der Waals surface area contributed by atoms with Crippen LogP contribution in [-0.4, -0.2) is 11.2 Å². The van der Waals surface area contributed by atoms with Gasteiger partial charge in [0.25, 0.3) is 6.43 Å². The van der Waals surface area contributed by atoms with Gasteiger partial charge in [-0.2, -0.15) is 5.10 Å². The number of aromatic nitrogens is 1. The number of nitrogen functional groups attached to an aromatic ring is 1. The minimum atomic E-state index is -2.48. The number of nitrogens with one attached hydrogen (secondary N) is 1. The summed E-state index contributed by atoms with van der Waals surface area (Å²) in [6.45, 7) is 0. The zero-order valence-electron chi connectivity index (χ0n) is 9.18. The second-order valence-electron chi connectivity index (χ2n) is 3.42. The maximum Gasteiger partial charge on any atom is 0.263 e. The average molecular weight is 268 g/mol. The van der Waals surface area contributed by atoms with Crippen LogP contribution in [0.4, 0.5) is 19.7 Å². The number of rotatable bonds is 4. The van der Waals surface area contributed by atoms with E-state index in [1.165, 1.54) is 29.7 Å². The molecule has 0 aliphatic heterocycles. The molecule has 0 aliphatic rings. The number of benzene rings is 1. The third kappa shape index (κ3) is 3.24. The van der Waals surface area contributed by atoms with Crippen LogP contribution in [0.3, 0.4) is 0 Å². The topological polar surface area (TPSA) is 63.3 Å². The molecule has 4 nitrogen and oxygen atoms in total. The molecule has 2 rings (SSSR count). The van der Waals surface area contributed by atoms with Crippen LogP contribution in [0.25, 0.3) is 0 Å². The van der Waals surface area contributed by atoms with Crippen LogP contribution < -0.4 is 11.2 Å². The summed E-state index contributed by atoms with van der Waals surface area (Å²) < 4.78 is 24.9. The van der Waals surface area contributed by atoms with Crippen LogP contribution in [0.2, 0.25) is 0 Å². The van der Waals surface area contributed by atoms with Crippen LogP contribution in [0.5, 0.6) is 0 Å². The molecule has 2 aromatic rings. The zero-order valence-corrected chi connectivity index (χ0v) is 9.99. The quantitative estimate of drug-likeness (QED) is 0.661. The minimum absolute atomic E-state index is 0.0301. The van der Waals surface area contributed by atoms with Crippen LogP contribution in [0.15, 0.2) is 34.7 Å². The van der Waals surface area contributed by atoms with Crippen LogP contribution in [-0.2, 0) is 0 Å². The fourth-order valence-corrected chi connectivity index (χ4v) is 1.82. The lowest BCUT2D eigenvalue weighted by atomic mass is 10.1. The van der Waals surface area contributed by atoms with Gasteiger partial charge in [-0.15, -0.1) is 11.3 Å². The Morgan fingerprint density at radius 1 is 1.44 bits per heavy atom. The van der Waals surface area contributed by atoms with Crippen molar-refractivity contribution in [1.29, 1.82) is 0 Å². The van der Waals surface area contributed by atoms with Gasteiger partial charge in [0.15, 0.2) is 0 Å². The van der Waals surface area contributed by atoms with Crippen LogP contribution in [0, 0.1) is 0 Å². The fraction of sp³-hybridized carbons (Fsp3) is 0.0909. The summed E-state index contributed by atoms with van der Waals surface area (Å²) in [5, 5.41) is 6.12. The smallest absolute Gasteiger partial charge is 0.263 e. The van der Waals surface area contributed by atoms with Crippen molar-refractivity contribution in [3.05, 3.63) is 40.8 Å². The molecule has 94 valence electrons. The third-order valence-corrected chi connectivity index (χ3v) is 2.82. The van der Waals surface area contributed by atoms with Crippen molar-refractivity contribution in [3.63, 3.8) is 0 Å². The van der Waals surface area contributed by atoms with Crippen LogP contribution in [0.1, 0.15) is 17.6 Å². The molecule has 0 saturated heterocycles. The van der Waals surface area contributed by atoms with E-state index in [1.807, 2.05) is 0 Å². The first-order valence-electron chi connectivity index (χ1n) is 5.03. The SMILES string of the molecule is Nc1csc(NN=Cc2cccc(C(F)F)c2)n1. The Kier molecular flexibility index (Phi) is 3.83. The second kappa shape index (κ2) is 5.54. The highest BCUT2D eigenvalue weighted by Crippen LogP contribution is 2.19. The Bertz CT molecular complexity index is 553. The van der Waals surface area contributed by atoms with Gasteiger partial charge in [-0.1, -0.05) is 18.2 Å². The van der Waals surface area contributed by atoms with Crippen molar-refractivity contribution in [2.45, 2.75) is 6.43 Å². The molecule has 0 aliphatic carbocycles. The standard InChI is InChI=1S/C11H10F2N4S/c12-10(13)8-3-1-2-7(4-8)5-15-17-11-16-9(14)6-18-11/h1-6,10H,14H2,(H,16,17). The molecule has 3 N–H and O–H groups in total. The average Bonchev–Trinajstić information content (AvgIpc) is 2.75. The zero-order chi connectivity index (χ0) is 13.0. The van der Waals surface area contributed by atoms with E-state index in [4.69, 9.17) is 5.73 Å². The Labute approximate surface area is 106 Å². The van der Waals surface area contributed by atoms with Gasteiger partial charge in [-0.25, -0.2) is 13.8 Å². The summed E-state index contributed by atoms with van der Waals surface area (Å²) in [5.41, 5.74) is 8.67. The molecule has 0 spiro atoms. The number of nitrogens with two attached hydrogens (primary N) is 1. The van der Waals surface area contributed by atoms with E-state index in [2.05, 4.69) is 15.5 Å². The Balaban J connectivity index is 2.02. The first-order chi connectivity index (χ1) is 8.65. The maximum atomic E-state index is 12.5. The highest BCUT2D eigenvalue weighted by molar-refractivity contribution is 7.14. The molecule has 0 fully saturated rings. The summed E-state index contributed by atoms with van der Waals surface area (Å²) in [6, 6.07) is 6.00. The monoisotopic (exact) mass is 268 g/mol. The molecule has 0 saturated carbocycles. The van der Waals surface area contributed by atoms with E-state index in [0.717, 1.165) is 0 Å². The molecular weight excluding hydrogens is 258 g/mol. The van der Waals surface area contributed by atoms with Gasteiger partial charge in [-0.3, -0.25) is 5.43 Å². The Morgan fingerprint density at radius 3 is 2.94 bits per heavy atom. The van der Waals surface area contributed by atoms with Crippen molar-refractivity contribution >= 4 is 28.5 Å². The van der Waals surface area contributed by atoms with Gasteiger partial charge in [0.1, 0.15) is 5.82 Å². The third-order valence-electron chi connectivity index (χ3n) is 2.06. The lowest BCUT2D eigenvalue weighted by Gasteiger charge is -2.00. The summed E-state index contributed by atoms with van der Waals surface area (Å²) >= 11 is 1.31. The van der Waals surface area contributed by atoms with Crippen LogP contribution >= 0.6 is 11.3 Å². The maximum absolute atomic E-state index is 12.5. The van der Waals surface area contributed by atoms with E-state index in [-0.39, 0.29) is 5.56 Å². The first-order valence-corrected chi connectivity index (χ1v) is 5.91. The van der Waals surface area contributed by atoms with E-state index in [0.29, 0.717) is 16.5 Å². The van der Waals surface area contributed by atoms with Crippen molar-refractivity contribution in [3.8, 4) is 0 Å². The summed E-state index contributed by atoms with van der Waals surface area (Å²) in [5.74, 6) is 0.414. The van der Waals surface area contributed by atoms with Crippen molar-refractivity contribution < 1.29 is 8.78 Å². The van der Waals surface area contributed by atoms with Gasteiger partial charge >= 0.3 is 0 Å². The number of anilines is 2. The van der Waals surface area contributed by atoms with Crippen molar-refractivity contribution in [2.75, 3.05) is 11.2 Å². The summed E-state index contributed by atoms with van der Waals surface area (Å²) in [6.07, 6.45) is -1.03. The van der Waals surface area contributed by atoms with Gasteiger partial charge < -0.3 is 5.73 Å². The normalized spacial score (nSPS) is 11.3.